The molecule has 136 valence electrons. The van der Waals surface area contributed by atoms with E-state index in [2.05, 4.69) is 39.7 Å². The molecular formula is C21H21N5O. The third-order valence-electron chi connectivity index (χ3n) is 3.95. The molecule has 0 fully saturated rings. The van der Waals surface area contributed by atoms with Crippen LogP contribution in [0.3, 0.4) is 0 Å². The van der Waals surface area contributed by atoms with E-state index in [4.69, 9.17) is 10.00 Å². The molecule has 6 heteroatoms. The molecule has 1 heterocycles. The fraction of sp³-hybridized carbons (Fsp3) is 0.190. The molecule has 3 rings (SSSR count). The first-order valence-corrected chi connectivity index (χ1v) is 8.72. The largest absolute Gasteiger partial charge is 0.377 e. The van der Waals surface area contributed by atoms with Crippen LogP contribution in [-0.2, 0) is 11.3 Å². The molecule has 0 spiro atoms. The van der Waals surface area contributed by atoms with E-state index in [0.29, 0.717) is 30.5 Å². The number of hydrogen-bond donors (Lipinski definition) is 2. The number of ether oxygens (including phenoxy) is 1. The Balaban J connectivity index is 1.71. The number of aryl methyl sites for hydroxylation is 1. The van der Waals surface area contributed by atoms with Gasteiger partial charge in [0.25, 0.3) is 0 Å². The minimum atomic E-state index is 0.482. The van der Waals surface area contributed by atoms with E-state index in [0.717, 1.165) is 22.5 Å². The van der Waals surface area contributed by atoms with Crippen LogP contribution in [0.25, 0.3) is 0 Å². The third-order valence-corrected chi connectivity index (χ3v) is 3.95. The smallest absolute Gasteiger partial charge is 0.229 e. The summed E-state index contributed by atoms with van der Waals surface area (Å²) in [5.41, 5.74) is 4.68. The van der Waals surface area contributed by atoms with Gasteiger partial charge in [-0.2, -0.15) is 10.2 Å². The van der Waals surface area contributed by atoms with Gasteiger partial charge in [-0.05, 0) is 61.4 Å². The summed E-state index contributed by atoms with van der Waals surface area (Å²) >= 11 is 0. The minimum Gasteiger partial charge on any atom is -0.377 e. The lowest BCUT2D eigenvalue weighted by molar-refractivity contribution is 0.134. The zero-order chi connectivity index (χ0) is 19.1. The first kappa shape index (κ1) is 18.4. The van der Waals surface area contributed by atoms with E-state index in [-0.39, 0.29) is 0 Å². The number of rotatable bonds is 7. The van der Waals surface area contributed by atoms with E-state index in [1.807, 2.05) is 37.3 Å². The molecule has 0 radical (unpaired) electrons. The molecule has 0 bridgehead atoms. The van der Waals surface area contributed by atoms with Crippen LogP contribution >= 0.6 is 0 Å². The number of aromatic nitrogens is 2. The molecule has 0 amide bonds. The molecule has 27 heavy (non-hydrogen) atoms. The Morgan fingerprint density at radius 1 is 1.07 bits per heavy atom. The Bertz CT molecular complexity index is 948. The molecule has 0 unspecified atom stereocenters. The summed E-state index contributed by atoms with van der Waals surface area (Å²) < 4.78 is 5.45. The van der Waals surface area contributed by atoms with E-state index in [1.165, 1.54) is 0 Å². The lowest BCUT2D eigenvalue weighted by atomic mass is 10.1. The van der Waals surface area contributed by atoms with Crippen molar-refractivity contribution in [3.05, 3.63) is 71.4 Å². The number of nitriles is 1. The number of anilines is 4. The predicted molar refractivity (Wildman–Crippen MR) is 106 cm³/mol. The topological polar surface area (TPSA) is 82.9 Å². The normalized spacial score (nSPS) is 10.3. The number of benzene rings is 2. The Kier molecular flexibility index (Phi) is 5.98. The van der Waals surface area contributed by atoms with Gasteiger partial charge < -0.3 is 15.4 Å². The monoisotopic (exact) mass is 359 g/mol. The van der Waals surface area contributed by atoms with Gasteiger partial charge in [-0.3, -0.25) is 0 Å². The van der Waals surface area contributed by atoms with Gasteiger partial charge in [-0.25, -0.2) is 4.98 Å². The fourth-order valence-electron chi connectivity index (χ4n) is 2.56. The molecule has 2 aromatic carbocycles. The van der Waals surface area contributed by atoms with Crippen molar-refractivity contribution < 1.29 is 4.74 Å². The quantitative estimate of drug-likeness (QED) is 0.637. The van der Waals surface area contributed by atoms with Crippen molar-refractivity contribution in [2.24, 2.45) is 0 Å². The second-order valence-corrected chi connectivity index (χ2v) is 5.99. The molecule has 3 aromatic rings. The first-order chi connectivity index (χ1) is 13.2. The molecule has 6 nitrogen and oxygen atoms in total. The van der Waals surface area contributed by atoms with Gasteiger partial charge >= 0.3 is 0 Å². The maximum atomic E-state index is 8.87. The number of hydrogen-bond acceptors (Lipinski definition) is 6. The number of nitrogens with zero attached hydrogens (tertiary/aromatic N) is 3. The molecule has 0 aliphatic carbocycles. The van der Waals surface area contributed by atoms with Crippen LogP contribution in [0.2, 0.25) is 0 Å². The van der Waals surface area contributed by atoms with Crippen LogP contribution in [0, 0.1) is 18.3 Å². The molecule has 0 saturated heterocycles. The van der Waals surface area contributed by atoms with E-state index in [9.17, 15) is 0 Å². The summed E-state index contributed by atoms with van der Waals surface area (Å²) in [5.74, 6) is 1.18. The van der Waals surface area contributed by atoms with Gasteiger partial charge in [0.15, 0.2) is 0 Å². The first-order valence-electron chi connectivity index (χ1n) is 8.72. The molecule has 2 N–H and O–H groups in total. The van der Waals surface area contributed by atoms with Crippen LogP contribution < -0.4 is 10.6 Å². The van der Waals surface area contributed by atoms with Gasteiger partial charge in [-0.15, -0.1) is 0 Å². The van der Waals surface area contributed by atoms with E-state index in [1.54, 1.807) is 18.3 Å². The molecular weight excluding hydrogens is 338 g/mol. The zero-order valence-corrected chi connectivity index (χ0v) is 15.4. The van der Waals surface area contributed by atoms with Gasteiger partial charge in [0.05, 0.1) is 18.2 Å². The molecule has 0 aliphatic rings. The van der Waals surface area contributed by atoms with Gasteiger partial charge in [0.2, 0.25) is 5.95 Å². The highest BCUT2D eigenvalue weighted by Crippen LogP contribution is 2.22. The molecule has 1 aromatic heterocycles. The molecule has 0 saturated carbocycles. The average molecular weight is 359 g/mol. The molecule has 0 atom stereocenters. The van der Waals surface area contributed by atoms with E-state index >= 15 is 0 Å². The predicted octanol–water partition coefficient (Wildman–Crippen LogP) is 4.68. The zero-order valence-electron chi connectivity index (χ0n) is 15.4. The summed E-state index contributed by atoms with van der Waals surface area (Å²) in [6.07, 6.45) is 1.69. The minimum absolute atomic E-state index is 0.482. The van der Waals surface area contributed by atoms with Crippen molar-refractivity contribution in [2.45, 2.75) is 20.5 Å². The van der Waals surface area contributed by atoms with Crippen LogP contribution in [0.15, 0.2) is 54.7 Å². The van der Waals surface area contributed by atoms with Gasteiger partial charge in [0, 0.05) is 24.2 Å². The van der Waals surface area contributed by atoms with Crippen LogP contribution in [0.5, 0.6) is 0 Å². The maximum Gasteiger partial charge on any atom is 0.229 e. The summed E-state index contributed by atoms with van der Waals surface area (Å²) in [6, 6.07) is 17.2. The van der Waals surface area contributed by atoms with Crippen molar-refractivity contribution in [1.29, 1.82) is 5.26 Å². The van der Waals surface area contributed by atoms with Crippen LogP contribution in [0.4, 0.5) is 23.1 Å². The van der Waals surface area contributed by atoms with E-state index < -0.39 is 0 Å². The standard InChI is InChI=1S/C21H21N5O/c1-3-27-14-17-6-9-19(15(2)12-17)25-20-10-11-23-21(26-20)24-18-7-4-16(13-22)5-8-18/h4-12H,3,14H2,1-2H3,(H2,23,24,25,26). The van der Waals surface area contributed by atoms with Crippen molar-refractivity contribution in [2.75, 3.05) is 17.2 Å². The van der Waals surface area contributed by atoms with Crippen molar-refractivity contribution in [3.8, 4) is 6.07 Å². The lowest BCUT2D eigenvalue weighted by Gasteiger charge is -2.12. The average Bonchev–Trinajstić information content (AvgIpc) is 2.69. The summed E-state index contributed by atoms with van der Waals surface area (Å²) in [5, 5.41) is 15.3. The lowest BCUT2D eigenvalue weighted by Crippen LogP contribution is -2.01. The molecule has 0 aliphatic heterocycles. The SMILES string of the molecule is CCOCc1ccc(Nc2ccnc(Nc3ccc(C#N)cc3)n2)c(C)c1. The van der Waals surface area contributed by atoms with Gasteiger partial charge in [-0.1, -0.05) is 12.1 Å². The van der Waals surface area contributed by atoms with Crippen molar-refractivity contribution in [3.63, 3.8) is 0 Å². The Morgan fingerprint density at radius 2 is 1.89 bits per heavy atom. The third kappa shape index (κ3) is 5.03. The van der Waals surface area contributed by atoms with Crippen molar-refractivity contribution >= 4 is 23.1 Å². The number of nitrogens with one attached hydrogen (secondary N) is 2. The highest BCUT2D eigenvalue weighted by Gasteiger charge is 2.04. The Morgan fingerprint density at radius 3 is 2.59 bits per heavy atom. The summed E-state index contributed by atoms with van der Waals surface area (Å²) in [4.78, 5) is 8.74. The second kappa shape index (κ2) is 8.79. The summed E-state index contributed by atoms with van der Waals surface area (Å²) in [7, 11) is 0. The highest BCUT2D eigenvalue weighted by atomic mass is 16.5. The van der Waals surface area contributed by atoms with Crippen LogP contribution in [-0.4, -0.2) is 16.6 Å². The maximum absolute atomic E-state index is 8.87. The Hall–Kier alpha value is -3.43. The second-order valence-electron chi connectivity index (χ2n) is 5.99. The summed E-state index contributed by atoms with van der Waals surface area (Å²) in [6.45, 7) is 5.36. The Labute approximate surface area is 158 Å². The highest BCUT2D eigenvalue weighted by molar-refractivity contribution is 5.62. The van der Waals surface area contributed by atoms with Crippen LogP contribution in [0.1, 0.15) is 23.6 Å². The van der Waals surface area contributed by atoms with Gasteiger partial charge in [0.1, 0.15) is 5.82 Å². The fourth-order valence-corrected chi connectivity index (χ4v) is 2.56. The van der Waals surface area contributed by atoms with Crippen molar-refractivity contribution in [1.82, 2.24) is 9.97 Å².